The number of hydrogen-bond donors (Lipinski definition) is 1. The fourth-order valence-corrected chi connectivity index (χ4v) is 3.35. The van der Waals surface area contributed by atoms with Gasteiger partial charge in [0.05, 0.1) is 13.2 Å². The van der Waals surface area contributed by atoms with E-state index in [1.165, 1.54) is 27.7 Å². The fraction of sp³-hybridized carbons (Fsp3) is 0.750. The Labute approximate surface area is 150 Å². The van der Waals surface area contributed by atoms with Crippen molar-refractivity contribution in [1.29, 1.82) is 0 Å². The Morgan fingerprint density at radius 3 is 2.15 bits per heavy atom. The molecule has 2 saturated heterocycles. The Hall–Kier alpha value is -2.20. The van der Waals surface area contributed by atoms with Crippen LogP contribution in [0.5, 0.6) is 0 Å². The molecule has 0 aromatic carbocycles. The molecule has 5 atom stereocenters. The number of hydrogen-bond acceptors (Lipinski definition) is 9. The fourth-order valence-electron chi connectivity index (χ4n) is 3.35. The van der Waals surface area contributed by atoms with Crippen LogP contribution in [0.1, 0.15) is 27.7 Å². The monoisotopic (exact) mass is 373 g/mol. The zero-order valence-electron chi connectivity index (χ0n) is 15.1. The Kier molecular flexibility index (Phi) is 6.19. The lowest BCUT2D eigenvalue weighted by Crippen LogP contribution is -2.64. The summed E-state index contributed by atoms with van der Waals surface area (Å²) in [5.74, 6) is -2.55. The van der Waals surface area contributed by atoms with E-state index in [1.54, 1.807) is 0 Å². The van der Waals surface area contributed by atoms with Crippen molar-refractivity contribution in [3.05, 3.63) is 0 Å². The summed E-state index contributed by atoms with van der Waals surface area (Å²) in [7, 11) is 0. The molecule has 0 aromatic rings. The average molecular weight is 373 g/mol. The van der Waals surface area contributed by atoms with Crippen LogP contribution in [0.15, 0.2) is 0 Å². The molecule has 26 heavy (non-hydrogen) atoms. The molecule has 1 N–H and O–H groups in total. The van der Waals surface area contributed by atoms with Crippen LogP contribution in [0, 0.1) is 5.92 Å². The molecule has 2 aliphatic rings. The number of carbonyl (C=O) groups excluding carboxylic acids is 4. The van der Waals surface area contributed by atoms with Crippen molar-refractivity contribution in [2.45, 2.75) is 51.7 Å². The molecule has 2 fully saturated rings. The first-order valence-corrected chi connectivity index (χ1v) is 8.16. The third kappa shape index (κ3) is 4.13. The van der Waals surface area contributed by atoms with Gasteiger partial charge in [-0.25, -0.2) is 0 Å². The number of nitrogens with one attached hydrogen (secondary N) is 1. The average Bonchev–Trinajstić information content (AvgIpc) is 2.97. The number of amides is 1. The molecule has 0 saturated carbocycles. The third-order valence-corrected chi connectivity index (χ3v) is 4.25. The van der Waals surface area contributed by atoms with E-state index >= 15 is 0 Å². The van der Waals surface area contributed by atoms with Gasteiger partial charge in [0.2, 0.25) is 5.91 Å². The van der Waals surface area contributed by atoms with Crippen LogP contribution < -0.4 is 5.32 Å². The minimum Gasteiger partial charge on any atom is -0.465 e. The van der Waals surface area contributed by atoms with Crippen LogP contribution in [0.3, 0.4) is 0 Å². The van der Waals surface area contributed by atoms with Gasteiger partial charge >= 0.3 is 17.9 Å². The number of fused-ring (bicyclic) bond motifs is 1. The van der Waals surface area contributed by atoms with E-state index in [1.807, 2.05) is 0 Å². The molecule has 10 nitrogen and oxygen atoms in total. The Morgan fingerprint density at radius 2 is 1.62 bits per heavy atom. The molecule has 2 aliphatic heterocycles. The van der Waals surface area contributed by atoms with E-state index in [9.17, 15) is 19.2 Å². The van der Waals surface area contributed by atoms with Crippen molar-refractivity contribution in [2.24, 2.45) is 5.92 Å². The van der Waals surface area contributed by atoms with Gasteiger partial charge in [-0.05, 0) is 0 Å². The van der Waals surface area contributed by atoms with Crippen LogP contribution in [0.2, 0.25) is 0 Å². The maximum absolute atomic E-state index is 11.9. The molecule has 0 spiro atoms. The van der Waals surface area contributed by atoms with Crippen molar-refractivity contribution >= 4 is 23.8 Å². The number of carbonyl (C=O) groups is 4. The van der Waals surface area contributed by atoms with Gasteiger partial charge in [0.1, 0.15) is 18.2 Å². The molecule has 10 heteroatoms. The van der Waals surface area contributed by atoms with Crippen LogP contribution >= 0.6 is 0 Å². The lowest BCUT2D eigenvalue weighted by Gasteiger charge is -2.37. The molecule has 1 amide bonds. The predicted molar refractivity (Wildman–Crippen MR) is 83.5 cm³/mol. The first-order chi connectivity index (χ1) is 12.2. The van der Waals surface area contributed by atoms with E-state index in [0.29, 0.717) is 0 Å². The molecule has 2 heterocycles. The molecule has 0 radical (unpaired) electrons. The maximum atomic E-state index is 11.9. The van der Waals surface area contributed by atoms with Crippen molar-refractivity contribution in [3.63, 3.8) is 0 Å². The highest BCUT2D eigenvalue weighted by molar-refractivity contribution is 5.75. The highest BCUT2D eigenvalue weighted by Gasteiger charge is 2.67. The van der Waals surface area contributed by atoms with Crippen molar-refractivity contribution in [1.82, 2.24) is 5.32 Å². The first-order valence-electron chi connectivity index (χ1n) is 8.16. The zero-order chi connectivity index (χ0) is 19.5. The topological polar surface area (TPSA) is 126 Å². The summed E-state index contributed by atoms with van der Waals surface area (Å²) in [4.78, 5) is 45.8. The zero-order valence-corrected chi connectivity index (χ0v) is 15.1. The normalized spacial score (nSPS) is 32.5. The van der Waals surface area contributed by atoms with Gasteiger partial charge in [-0.1, -0.05) is 0 Å². The number of ether oxygens (including phenoxy) is 5. The van der Waals surface area contributed by atoms with E-state index in [0.717, 1.165) is 0 Å². The number of rotatable bonds is 6. The smallest absolute Gasteiger partial charge is 0.303 e. The molecule has 0 bridgehead atoms. The third-order valence-electron chi connectivity index (χ3n) is 4.25. The van der Waals surface area contributed by atoms with Gasteiger partial charge in [-0.15, -0.1) is 0 Å². The van der Waals surface area contributed by atoms with Crippen LogP contribution in [-0.2, 0) is 42.9 Å². The highest BCUT2D eigenvalue weighted by atomic mass is 16.7. The Bertz CT molecular complexity index is 592. The summed E-state index contributed by atoms with van der Waals surface area (Å²) in [6.07, 6.45) is -2.78. The Balaban J connectivity index is 2.35. The second-order valence-electron chi connectivity index (χ2n) is 6.29. The molecular formula is C16H23NO9. The van der Waals surface area contributed by atoms with Gasteiger partial charge < -0.3 is 29.0 Å². The van der Waals surface area contributed by atoms with Crippen LogP contribution in [-0.4, -0.2) is 67.7 Å². The second-order valence-corrected chi connectivity index (χ2v) is 6.29. The largest absolute Gasteiger partial charge is 0.465 e. The first kappa shape index (κ1) is 20.1. The van der Waals surface area contributed by atoms with E-state index in [4.69, 9.17) is 23.7 Å². The van der Waals surface area contributed by atoms with Gasteiger partial charge in [-0.2, -0.15) is 0 Å². The van der Waals surface area contributed by atoms with Gasteiger partial charge in [-0.3, -0.25) is 19.2 Å². The summed E-state index contributed by atoms with van der Waals surface area (Å²) in [5.41, 5.74) is -1.27. The summed E-state index contributed by atoms with van der Waals surface area (Å²) in [6, 6.07) is 0. The van der Waals surface area contributed by atoms with Crippen molar-refractivity contribution in [2.75, 3.05) is 19.8 Å². The molecule has 0 aromatic heterocycles. The minimum atomic E-state index is -1.27. The van der Waals surface area contributed by atoms with E-state index < -0.39 is 53.8 Å². The van der Waals surface area contributed by atoms with Gasteiger partial charge in [0, 0.05) is 33.6 Å². The maximum Gasteiger partial charge on any atom is 0.303 e. The van der Waals surface area contributed by atoms with Gasteiger partial charge in [0.15, 0.2) is 12.4 Å². The number of esters is 3. The summed E-state index contributed by atoms with van der Waals surface area (Å²) in [5, 5.41) is 2.77. The van der Waals surface area contributed by atoms with Gasteiger partial charge in [0.25, 0.3) is 0 Å². The standard InChI is InChI=1S/C16H23NO9/c1-8(18)17-16-12(5-22-9(2)19)6-24-15(16)26-13(7-23-10(3)20)14(16)25-11(4)21/h12-15H,5-7H2,1-4H3,(H,17,18)/t12-,13-,14+,15+,16+/m1/s1. The minimum absolute atomic E-state index is 0.0620. The van der Waals surface area contributed by atoms with Crippen LogP contribution in [0.4, 0.5) is 0 Å². The quantitative estimate of drug-likeness (QED) is 0.474. The van der Waals surface area contributed by atoms with Crippen LogP contribution in [0.25, 0.3) is 0 Å². The summed E-state index contributed by atoms with van der Waals surface area (Å²) < 4.78 is 26.8. The molecule has 2 rings (SSSR count). The molecule has 0 unspecified atom stereocenters. The predicted octanol–water partition coefficient (Wildman–Crippen LogP) is -0.709. The molecular weight excluding hydrogens is 350 g/mol. The van der Waals surface area contributed by atoms with Crippen molar-refractivity contribution < 1.29 is 42.9 Å². The molecule has 0 aliphatic carbocycles. The molecule has 146 valence electrons. The van der Waals surface area contributed by atoms with E-state index in [-0.39, 0.29) is 19.8 Å². The summed E-state index contributed by atoms with van der Waals surface area (Å²) in [6.45, 7) is 4.89. The SMILES string of the molecule is CC(=O)N[C@]12[C@H](COC(C)=O)CO[C@H]1O[C@H](COC(C)=O)[C@@H]2OC(C)=O. The lowest BCUT2D eigenvalue weighted by molar-refractivity contribution is -0.165. The van der Waals surface area contributed by atoms with Crippen molar-refractivity contribution in [3.8, 4) is 0 Å². The van der Waals surface area contributed by atoms with E-state index in [2.05, 4.69) is 5.32 Å². The second kappa shape index (κ2) is 8.00. The Morgan fingerprint density at radius 1 is 1.00 bits per heavy atom. The highest BCUT2D eigenvalue weighted by Crippen LogP contribution is 2.45. The lowest BCUT2D eigenvalue weighted by atomic mass is 9.80. The summed E-state index contributed by atoms with van der Waals surface area (Å²) >= 11 is 0.